The molecule has 122 valence electrons. The number of benzene rings is 1. The van der Waals surface area contributed by atoms with Gasteiger partial charge in [0.05, 0.1) is 30.1 Å². The van der Waals surface area contributed by atoms with Crippen molar-refractivity contribution >= 4 is 34.7 Å². The Morgan fingerprint density at radius 1 is 1.33 bits per heavy atom. The summed E-state index contributed by atoms with van der Waals surface area (Å²) in [6.45, 7) is 7.06. The summed E-state index contributed by atoms with van der Waals surface area (Å²) in [6, 6.07) is 3.19. The quantitative estimate of drug-likeness (QED) is 0.369. The molecule has 1 amide bonds. The van der Waals surface area contributed by atoms with Crippen molar-refractivity contribution in [2.45, 2.75) is 0 Å². The van der Waals surface area contributed by atoms with Crippen molar-refractivity contribution in [2.75, 3.05) is 12.4 Å². The summed E-state index contributed by atoms with van der Waals surface area (Å²) in [5, 5.41) is 10.1. The maximum absolute atomic E-state index is 12.4. The van der Waals surface area contributed by atoms with Crippen LogP contribution in [-0.4, -0.2) is 35.4 Å². The Balaban J connectivity index is 2.43. The fourth-order valence-corrected chi connectivity index (χ4v) is 1.98. The van der Waals surface area contributed by atoms with Crippen molar-refractivity contribution in [3.63, 3.8) is 0 Å². The molecule has 0 aliphatic carbocycles. The molecule has 1 heterocycles. The summed E-state index contributed by atoms with van der Waals surface area (Å²) in [4.78, 5) is 28.3. The lowest BCUT2D eigenvalue weighted by Gasteiger charge is -2.10. The first kappa shape index (κ1) is 16.9. The highest BCUT2D eigenvalue weighted by molar-refractivity contribution is 6.10. The first-order valence-corrected chi connectivity index (χ1v) is 6.95. The van der Waals surface area contributed by atoms with E-state index in [0.29, 0.717) is 11.2 Å². The fraction of sp³-hybridized carbons (Fsp3) is 0.0588. The molecule has 0 fully saturated rings. The maximum Gasteiger partial charge on any atom is 0.340 e. The lowest BCUT2D eigenvalue weighted by molar-refractivity contribution is -0.112. The molecule has 0 saturated carbocycles. The van der Waals surface area contributed by atoms with Gasteiger partial charge >= 0.3 is 5.97 Å². The molecule has 0 unspecified atom stereocenters. The Morgan fingerprint density at radius 3 is 2.79 bits per heavy atom. The van der Waals surface area contributed by atoms with Gasteiger partial charge in [0.25, 0.3) is 5.91 Å². The van der Waals surface area contributed by atoms with Gasteiger partial charge in [-0.25, -0.2) is 4.79 Å². The van der Waals surface area contributed by atoms with Gasteiger partial charge in [-0.15, -0.1) is 0 Å². The topological polar surface area (TPSA) is 96.4 Å². The highest BCUT2D eigenvalue weighted by Crippen LogP contribution is 2.24. The second-order valence-corrected chi connectivity index (χ2v) is 4.60. The van der Waals surface area contributed by atoms with E-state index in [2.05, 4.69) is 33.7 Å². The second-order valence-electron chi connectivity index (χ2n) is 4.60. The van der Waals surface area contributed by atoms with Crippen LogP contribution in [-0.2, 0) is 9.53 Å². The van der Waals surface area contributed by atoms with E-state index in [0.717, 1.165) is 5.39 Å². The van der Waals surface area contributed by atoms with Gasteiger partial charge < -0.3 is 10.1 Å². The largest absolute Gasteiger partial charge is 0.465 e. The highest BCUT2D eigenvalue weighted by atomic mass is 16.5. The van der Waals surface area contributed by atoms with Crippen LogP contribution in [0.15, 0.2) is 60.4 Å². The number of allylic oxidation sites excluding steroid dienone is 3. The molecule has 0 aliphatic rings. The number of amides is 1. The molecule has 1 aromatic carbocycles. The van der Waals surface area contributed by atoms with Gasteiger partial charge in [-0.2, -0.15) is 5.10 Å². The van der Waals surface area contributed by atoms with Crippen LogP contribution >= 0.6 is 0 Å². The van der Waals surface area contributed by atoms with Gasteiger partial charge in [-0.05, 0) is 18.2 Å². The molecule has 0 atom stereocenters. The molecule has 0 bridgehead atoms. The summed E-state index contributed by atoms with van der Waals surface area (Å²) in [5.74, 6) is -1.08. The minimum absolute atomic E-state index is 0.119. The standard InChI is InChI=1S/C17H16N4O3/c1-4-6-13(18-7-5-2)16(22)20-15-8-11-10-19-21-14(11)9-12(15)17(23)24-3/h4-10H,1-2H2,3H3,(H,19,21)(H,20,22)/b13-6-,18-7-. The van der Waals surface area contributed by atoms with E-state index in [1.807, 2.05) is 0 Å². The van der Waals surface area contributed by atoms with Crippen molar-refractivity contribution in [1.29, 1.82) is 0 Å². The first-order chi connectivity index (χ1) is 11.6. The highest BCUT2D eigenvalue weighted by Gasteiger charge is 2.17. The van der Waals surface area contributed by atoms with Crippen LogP contribution in [0.25, 0.3) is 10.9 Å². The molecule has 0 radical (unpaired) electrons. The third kappa shape index (κ3) is 3.64. The summed E-state index contributed by atoms with van der Waals surface area (Å²) >= 11 is 0. The number of aliphatic imine (C=N–C) groups is 1. The molecule has 2 N–H and O–H groups in total. The predicted molar refractivity (Wildman–Crippen MR) is 93.0 cm³/mol. The maximum atomic E-state index is 12.4. The second kappa shape index (κ2) is 7.68. The Kier molecular flexibility index (Phi) is 5.40. The van der Waals surface area contributed by atoms with Crippen LogP contribution in [0, 0.1) is 0 Å². The molecule has 2 aromatic rings. The zero-order valence-electron chi connectivity index (χ0n) is 13.1. The number of nitrogens with one attached hydrogen (secondary N) is 2. The number of aromatic nitrogens is 2. The monoisotopic (exact) mass is 324 g/mol. The van der Waals surface area contributed by atoms with E-state index in [-0.39, 0.29) is 11.3 Å². The van der Waals surface area contributed by atoms with Crippen LogP contribution in [0.3, 0.4) is 0 Å². The third-order valence-corrected chi connectivity index (χ3v) is 3.06. The smallest absolute Gasteiger partial charge is 0.340 e. The predicted octanol–water partition coefficient (Wildman–Crippen LogP) is 2.61. The number of carbonyl (C=O) groups is 2. The average molecular weight is 324 g/mol. The fourth-order valence-electron chi connectivity index (χ4n) is 1.98. The number of esters is 1. The molecule has 1 aromatic heterocycles. The number of anilines is 1. The number of methoxy groups -OCH3 is 1. The SMILES string of the molecule is C=C/C=N\C(=C/C=C)C(=O)Nc1cc2cn[nH]c2cc1C(=O)OC. The number of hydrogen-bond acceptors (Lipinski definition) is 5. The van der Waals surface area contributed by atoms with Crippen LogP contribution < -0.4 is 5.32 Å². The van der Waals surface area contributed by atoms with Gasteiger partial charge in [-0.1, -0.05) is 25.3 Å². The van der Waals surface area contributed by atoms with Crippen LogP contribution in [0.4, 0.5) is 5.69 Å². The van der Waals surface area contributed by atoms with Crippen LogP contribution in [0.5, 0.6) is 0 Å². The molecule has 0 saturated heterocycles. The van der Waals surface area contributed by atoms with E-state index in [1.54, 1.807) is 18.3 Å². The summed E-state index contributed by atoms with van der Waals surface area (Å²) < 4.78 is 4.76. The lowest BCUT2D eigenvalue weighted by Crippen LogP contribution is -2.16. The number of ether oxygens (including phenoxy) is 1. The molecule has 0 spiro atoms. The van der Waals surface area contributed by atoms with Crippen LogP contribution in [0.2, 0.25) is 0 Å². The number of nitrogens with zero attached hydrogens (tertiary/aromatic N) is 2. The van der Waals surface area contributed by atoms with E-state index in [4.69, 9.17) is 4.74 Å². The van der Waals surface area contributed by atoms with Gasteiger partial charge in [0.15, 0.2) is 0 Å². The zero-order valence-corrected chi connectivity index (χ0v) is 13.1. The lowest BCUT2D eigenvalue weighted by atomic mass is 10.1. The average Bonchev–Trinajstić information content (AvgIpc) is 3.04. The first-order valence-electron chi connectivity index (χ1n) is 6.95. The number of hydrogen-bond donors (Lipinski definition) is 2. The van der Waals surface area contributed by atoms with Crippen molar-refractivity contribution < 1.29 is 14.3 Å². The van der Waals surface area contributed by atoms with Crippen LogP contribution in [0.1, 0.15) is 10.4 Å². The van der Waals surface area contributed by atoms with Gasteiger partial charge in [0, 0.05) is 11.6 Å². The number of fused-ring (bicyclic) bond motifs is 1. The van der Waals surface area contributed by atoms with Crippen molar-refractivity contribution in [1.82, 2.24) is 10.2 Å². The minimum Gasteiger partial charge on any atom is -0.465 e. The zero-order chi connectivity index (χ0) is 17.5. The number of rotatable bonds is 6. The number of H-pyrrole nitrogens is 1. The summed E-state index contributed by atoms with van der Waals surface area (Å²) in [5.41, 5.74) is 1.27. The van der Waals surface area contributed by atoms with Crippen molar-refractivity contribution in [2.24, 2.45) is 4.99 Å². The van der Waals surface area contributed by atoms with Gasteiger partial charge in [0.2, 0.25) is 0 Å². The summed E-state index contributed by atoms with van der Waals surface area (Å²) in [6.07, 6.45) is 7.30. The summed E-state index contributed by atoms with van der Waals surface area (Å²) in [7, 11) is 1.27. The third-order valence-electron chi connectivity index (χ3n) is 3.06. The normalized spacial score (nSPS) is 11.5. The minimum atomic E-state index is -0.578. The van der Waals surface area contributed by atoms with Gasteiger partial charge in [0.1, 0.15) is 5.70 Å². The molecular formula is C17H16N4O3. The molecule has 24 heavy (non-hydrogen) atoms. The van der Waals surface area contributed by atoms with Gasteiger partial charge in [-0.3, -0.25) is 14.9 Å². The van der Waals surface area contributed by atoms with E-state index >= 15 is 0 Å². The van der Waals surface area contributed by atoms with E-state index in [1.165, 1.54) is 31.6 Å². The Morgan fingerprint density at radius 2 is 2.12 bits per heavy atom. The molecule has 7 nitrogen and oxygen atoms in total. The van der Waals surface area contributed by atoms with E-state index in [9.17, 15) is 9.59 Å². The Labute approximate surface area is 138 Å². The Hall–Kier alpha value is -3.48. The van der Waals surface area contributed by atoms with Crippen molar-refractivity contribution in [3.05, 3.63) is 61.0 Å². The van der Waals surface area contributed by atoms with E-state index < -0.39 is 11.9 Å². The molecular weight excluding hydrogens is 308 g/mol. The van der Waals surface area contributed by atoms with Crippen molar-refractivity contribution in [3.8, 4) is 0 Å². The Bertz CT molecular complexity index is 862. The molecule has 2 rings (SSSR count). The molecule has 0 aliphatic heterocycles. The molecule has 7 heteroatoms. The number of carbonyl (C=O) groups excluding carboxylic acids is 2. The number of aromatic amines is 1.